The standard InChI is InChI=1S/C25H27NO3S/c1-4-25-15-14-21(27)16-24(25)23(19(3)20-8-6-5-7-9-20)17-26(25)30(28,29)22-12-10-18(2)11-13-22/h5-15,23-24H,3-4,16-17H2,1-2H3/t23-,24+,25+/m0/s1. The van der Waals surface area contributed by atoms with Crippen molar-refractivity contribution in [2.75, 3.05) is 6.54 Å². The molecular weight excluding hydrogens is 394 g/mol. The Hall–Kier alpha value is -2.50. The second-order valence-corrected chi connectivity index (χ2v) is 10.2. The number of hydrogen-bond donors (Lipinski definition) is 0. The highest BCUT2D eigenvalue weighted by Gasteiger charge is 2.57. The van der Waals surface area contributed by atoms with E-state index in [1.807, 2.05) is 62.4 Å². The third kappa shape index (κ3) is 3.26. The van der Waals surface area contributed by atoms with E-state index in [0.29, 0.717) is 19.4 Å². The quantitative estimate of drug-likeness (QED) is 0.708. The van der Waals surface area contributed by atoms with Crippen LogP contribution in [0.2, 0.25) is 0 Å². The Labute approximate surface area is 179 Å². The Morgan fingerprint density at radius 3 is 2.43 bits per heavy atom. The molecule has 1 saturated heterocycles. The van der Waals surface area contributed by atoms with Crippen molar-refractivity contribution in [2.45, 2.75) is 37.1 Å². The van der Waals surface area contributed by atoms with Gasteiger partial charge in [-0.25, -0.2) is 8.42 Å². The lowest BCUT2D eigenvalue weighted by Crippen LogP contribution is -2.50. The van der Waals surface area contributed by atoms with E-state index in [1.54, 1.807) is 22.5 Å². The third-order valence-corrected chi connectivity index (χ3v) is 8.64. The van der Waals surface area contributed by atoms with E-state index in [0.717, 1.165) is 16.7 Å². The summed E-state index contributed by atoms with van der Waals surface area (Å²) in [7, 11) is -3.73. The molecule has 2 aromatic carbocycles. The molecule has 4 nitrogen and oxygen atoms in total. The first kappa shape index (κ1) is 20.8. The predicted octanol–water partition coefficient (Wildman–Crippen LogP) is 4.62. The Kier molecular flexibility index (Phi) is 5.28. The van der Waals surface area contributed by atoms with Gasteiger partial charge >= 0.3 is 0 Å². The number of rotatable bonds is 5. The van der Waals surface area contributed by atoms with E-state index in [-0.39, 0.29) is 22.5 Å². The van der Waals surface area contributed by atoms with Crippen molar-refractivity contribution in [3.63, 3.8) is 0 Å². The number of hydrogen-bond acceptors (Lipinski definition) is 3. The van der Waals surface area contributed by atoms with Crippen LogP contribution in [-0.2, 0) is 14.8 Å². The van der Waals surface area contributed by atoms with Crippen molar-refractivity contribution < 1.29 is 13.2 Å². The van der Waals surface area contributed by atoms with Gasteiger partial charge in [0.25, 0.3) is 0 Å². The number of carbonyl (C=O) groups excluding carboxylic acids is 1. The Morgan fingerprint density at radius 1 is 1.13 bits per heavy atom. The molecule has 0 bridgehead atoms. The fourth-order valence-electron chi connectivity index (χ4n) is 4.99. The highest BCUT2D eigenvalue weighted by Crippen LogP contribution is 2.52. The molecule has 0 saturated carbocycles. The Bertz CT molecular complexity index is 1100. The third-order valence-electron chi connectivity index (χ3n) is 6.70. The van der Waals surface area contributed by atoms with Gasteiger partial charge < -0.3 is 0 Å². The van der Waals surface area contributed by atoms with Gasteiger partial charge in [0.05, 0.1) is 10.4 Å². The summed E-state index contributed by atoms with van der Waals surface area (Å²) in [5.74, 6) is -0.209. The van der Waals surface area contributed by atoms with Crippen molar-refractivity contribution >= 4 is 21.4 Å². The van der Waals surface area contributed by atoms with Gasteiger partial charge in [0.2, 0.25) is 10.0 Å². The molecule has 1 aliphatic heterocycles. The van der Waals surface area contributed by atoms with E-state index in [2.05, 4.69) is 6.58 Å². The number of nitrogens with zero attached hydrogens (tertiary/aromatic N) is 1. The van der Waals surface area contributed by atoms with Crippen LogP contribution in [-0.4, -0.2) is 30.6 Å². The van der Waals surface area contributed by atoms with Crippen LogP contribution in [0.3, 0.4) is 0 Å². The zero-order valence-corrected chi connectivity index (χ0v) is 18.2. The molecule has 0 amide bonds. The summed E-state index contributed by atoms with van der Waals surface area (Å²) < 4.78 is 29.1. The minimum absolute atomic E-state index is 0.0459. The number of aryl methyl sites for hydroxylation is 1. The minimum Gasteiger partial charge on any atom is -0.295 e. The highest BCUT2D eigenvalue weighted by molar-refractivity contribution is 7.89. The zero-order valence-electron chi connectivity index (χ0n) is 17.4. The first-order valence-electron chi connectivity index (χ1n) is 10.4. The minimum atomic E-state index is -3.73. The van der Waals surface area contributed by atoms with E-state index in [9.17, 15) is 13.2 Å². The molecule has 0 aromatic heterocycles. The fourth-order valence-corrected chi connectivity index (χ4v) is 6.86. The number of sulfonamides is 1. The lowest BCUT2D eigenvalue weighted by atomic mass is 9.70. The molecule has 4 rings (SSSR count). The van der Waals surface area contributed by atoms with Gasteiger partial charge in [-0.1, -0.05) is 67.6 Å². The van der Waals surface area contributed by atoms with Crippen molar-refractivity contribution in [1.82, 2.24) is 4.31 Å². The molecule has 2 aromatic rings. The molecule has 0 N–H and O–H groups in total. The van der Waals surface area contributed by atoms with Crippen LogP contribution in [0.5, 0.6) is 0 Å². The van der Waals surface area contributed by atoms with Crippen LogP contribution in [0.4, 0.5) is 0 Å². The van der Waals surface area contributed by atoms with Crippen LogP contribution in [0, 0.1) is 18.8 Å². The van der Waals surface area contributed by atoms with Gasteiger partial charge in [0, 0.05) is 18.9 Å². The summed E-state index contributed by atoms with van der Waals surface area (Å²) in [6.45, 7) is 8.59. The van der Waals surface area contributed by atoms with Crippen molar-refractivity contribution in [3.8, 4) is 0 Å². The topological polar surface area (TPSA) is 54.5 Å². The summed E-state index contributed by atoms with van der Waals surface area (Å²) in [5.41, 5.74) is 2.17. The molecular formula is C25H27NO3S. The first-order valence-corrected chi connectivity index (χ1v) is 11.8. The summed E-state index contributed by atoms with van der Waals surface area (Å²) >= 11 is 0. The average Bonchev–Trinajstić information content (AvgIpc) is 3.10. The van der Waals surface area contributed by atoms with Crippen LogP contribution < -0.4 is 0 Å². The molecule has 1 heterocycles. The first-order chi connectivity index (χ1) is 14.3. The predicted molar refractivity (Wildman–Crippen MR) is 119 cm³/mol. The largest absolute Gasteiger partial charge is 0.295 e. The second-order valence-electron chi connectivity index (χ2n) is 8.30. The van der Waals surface area contributed by atoms with Gasteiger partial charge in [0.1, 0.15) is 0 Å². The SMILES string of the molecule is C=C(c1ccccc1)[C@@H]1CN(S(=O)(=O)c2ccc(C)cc2)[C@]2(CC)C=CC(=O)C[C@H]12. The fraction of sp³-hybridized carbons (Fsp3) is 0.320. The zero-order chi connectivity index (χ0) is 21.5. The molecule has 0 unspecified atom stereocenters. The number of allylic oxidation sites excluding steroid dienone is 1. The Balaban J connectivity index is 1.82. The molecule has 1 aliphatic carbocycles. The van der Waals surface area contributed by atoms with Gasteiger partial charge in [-0.05, 0) is 48.6 Å². The molecule has 156 valence electrons. The summed E-state index contributed by atoms with van der Waals surface area (Å²) in [6, 6.07) is 16.8. The van der Waals surface area contributed by atoms with Gasteiger partial charge in [0.15, 0.2) is 5.78 Å². The maximum atomic E-state index is 13.7. The maximum absolute atomic E-state index is 13.7. The van der Waals surface area contributed by atoms with E-state index < -0.39 is 15.6 Å². The summed E-state index contributed by atoms with van der Waals surface area (Å²) in [4.78, 5) is 12.6. The number of carbonyl (C=O) groups is 1. The molecule has 3 atom stereocenters. The number of benzene rings is 2. The molecule has 5 heteroatoms. The van der Waals surface area contributed by atoms with Crippen LogP contribution >= 0.6 is 0 Å². The normalized spacial score (nSPS) is 26.5. The lowest BCUT2D eigenvalue weighted by Gasteiger charge is -2.41. The lowest BCUT2D eigenvalue weighted by molar-refractivity contribution is -0.116. The molecule has 0 radical (unpaired) electrons. The monoisotopic (exact) mass is 421 g/mol. The second kappa shape index (κ2) is 7.64. The molecule has 2 aliphatic rings. The van der Waals surface area contributed by atoms with Crippen LogP contribution in [0.25, 0.3) is 5.57 Å². The van der Waals surface area contributed by atoms with Gasteiger partial charge in [-0.15, -0.1) is 0 Å². The maximum Gasteiger partial charge on any atom is 0.243 e. The smallest absolute Gasteiger partial charge is 0.243 e. The van der Waals surface area contributed by atoms with Gasteiger partial charge in [-0.2, -0.15) is 4.31 Å². The number of ketones is 1. The average molecular weight is 422 g/mol. The van der Waals surface area contributed by atoms with Crippen molar-refractivity contribution in [2.24, 2.45) is 11.8 Å². The molecule has 1 fully saturated rings. The molecule has 0 spiro atoms. The van der Waals surface area contributed by atoms with Gasteiger partial charge in [-0.3, -0.25) is 4.79 Å². The van der Waals surface area contributed by atoms with Crippen molar-refractivity contribution in [1.29, 1.82) is 0 Å². The summed E-state index contributed by atoms with van der Waals surface area (Å²) in [6.07, 6.45) is 4.32. The number of fused-ring (bicyclic) bond motifs is 1. The molecule has 30 heavy (non-hydrogen) atoms. The highest BCUT2D eigenvalue weighted by atomic mass is 32.2. The van der Waals surface area contributed by atoms with Crippen LogP contribution in [0.15, 0.2) is 78.2 Å². The van der Waals surface area contributed by atoms with Crippen LogP contribution in [0.1, 0.15) is 30.9 Å². The summed E-state index contributed by atoms with van der Waals surface area (Å²) in [5, 5.41) is 0. The van der Waals surface area contributed by atoms with E-state index in [4.69, 9.17) is 0 Å². The van der Waals surface area contributed by atoms with E-state index in [1.165, 1.54) is 0 Å². The van der Waals surface area contributed by atoms with E-state index >= 15 is 0 Å². The van der Waals surface area contributed by atoms with Crippen molar-refractivity contribution in [3.05, 3.63) is 84.5 Å². The Morgan fingerprint density at radius 2 is 1.80 bits per heavy atom.